The first kappa shape index (κ1) is 23.1. The number of nitrogens with zero attached hydrogens (tertiary/aromatic N) is 2. The molecule has 7 nitrogen and oxygen atoms in total. The predicted molar refractivity (Wildman–Crippen MR) is 116 cm³/mol. The number of carbonyl (C=O) groups excluding carboxylic acids is 1. The number of hydrogen-bond acceptors (Lipinski definition) is 3. The lowest BCUT2D eigenvalue weighted by molar-refractivity contribution is -0.136. The van der Waals surface area contributed by atoms with Crippen molar-refractivity contribution >= 4 is 22.8 Å². The number of carbonyl (C=O) groups is 1. The molecule has 0 spiro atoms. The summed E-state index contributed by atoms with van der Waals surface area (Å²) in [5.74, 6) is -0.766. The van der Waals surface area contributed by atoms with Crippen LogP contribution in [-0.4, -0.2) is 42.9 Å². The molecular weight excluding hydrogens is 423 g/mol. The van der Waals surface area contributed by atoms with E-state index in [2.05, 4.69) is 15.3 Å². The van der Waals surface area contributed by atoms with Crippen molar-refractivity contribution in [3.8, 4) is 5.75 Å². The van der Waals surface area contributed by atoms with Gasteiger partial charge in [0.1, 0.15) is 18.1 Å². The molecule has 1 heterocycles. The summed E-state index contributed by atoms with van der Waals surface area (Å²) in [6.45, 7) is 0.941. The molecule has 1 aromatic heterocycles. The molecule has 0 unspecified atom stereocenters. The van der Waals surface area contributed by atoms with E-state index in [-0.39, 0.29) is 34.9 Å². The normalized spacial score (nSPS) is 12.4. The molecule has 0 radical (unpaired) electrons. The maximum Gasteiger partial charge on any atom is 0.417 e. The molecule has 0 aliphatic heterocycles. The Labute approximate surface area is 183 Å². The average molecular weight is 447 g/mol. The number of aromatic amines is 1. The number of aromatic nitrogens is 1. The van der Waals surface area contributed by atoms with Crippen molar-refractivity contribution < 1.29 is 22.7 Å². The van der Waals surface area contributed by atoms with Crippen LogP contribution < -0.4 is 15.8 Å². The monoisotopic (exact) mass is 447 g/mol. The van der Waals surface area contributed by atoms with Crippen molar-refractivity contribution in [1.82, 2.24) is 15.2 Å². The van der Waals surface area contributed by atoms with Crippen molar-refractivity contribution in [1.29, 1.82) is 0 Å². The van der Waals surface area contributed by atoms with E-state index in [1.165, 1.54) is 13.1 Å². The molecule has 3 rings (SSSR count). The van der Waals surface area contributed by atoms with E-state index >= 15 is 0 Å². The van der Waals surface area contributed by atoms with Crippen LogP contribution in [0.1, 0.15) is 27.2 Å². The van der Waals surface area contributed by atoms with Gasteiger partial charge >= 0.3 is 6.18 Å². The first-order chi connectivity index (χ1) is 15.1. The molecule has 0 aliphatic carbocycles. The Morgan fingerprint density at radius 3 is 2.41 bits per heavy atom. The van der Waals surface area contributed by atoms with Crippen LogP contribution in [-0.2, 0) is 19.3 Å². The summed E-state index contributed by atoms with van der Waals surface area (Å²) >= 11 is 0. The third-order valence-electron chi connectivity index (χ3n) is 4.69. The summed E-state index contributed by atoms with van der Waals surface area (Å²) in [5.41, 5.74) is 6.51. The molecular formula is C22H24F3N5O2. The number of halogens is 3. The summed E-state index contributed by atoms with van der Waals surface area (Å²) in [4.78, 5) is 20.6. The zero-order chi connectivity index (χ0) is 23.5. The van der Waals surface area contributed by atoms with Gasteiger partial charge in [0.25, 0.3) is 5.91 Å². The van der Waals surface area contributed by atoms with Crippen molar-refractivity contribution in [2.24, 2.45) is 10.7 Å². The number of ether oxygens (including phenoxy) is 1. The lowest BCUT2D eigenvalue weighted by Gasteiger charge is -2.13. The highest BCUT2D eigenvalue weighted by atomic mass is 19.4. The summed E-state index contributed by atoms with van der Waals surface area (Å²) in [6, 6.07) is 11.0. The molecule has 0 saturated heterocycles. The number of hydrogen-bond donors (Lipinski definition) is 3. The maximum atomic E-state index is 13.5. The first-order valence-electron chi connectivity index (χ1n) is 9.73. The van der Waals surface area contributed by atoms with Gasteiger partial charge in [0.05, 0.1) is 11.1 Å². The minimum atomic E-state index is -4.60. The quantitative estimate of drug-likeness (QED) is 0.397. The third-order valence-corrected chi connectivity index (χ3v) is 4.69. The number of alkyl halides is 3. The van der Waals surface area contributed by atoms with Gasteiger partial charge < -0.3 is 25.7 Å². The fourth-order valence-corrected chi connectivity index (χ4v) is 3.17. The number of fused-ring (bicyclic) bond motifs is 1. The Kier molecular flexibility index (Phi) is 6.73. The second-order valence-corrected chi connectivity index (χ2v) is 7.48. The third kappa shape index (κ3) is 5.38. The van der Waals surface area contributed by atoms with Crippen molar-refractivity contribution in [3.63, 3.8) is 0 Å². The number of benzene rings is 2. The van der Waals surface area contributed by atoms with E-state index in [0.29, 0.717) is 0 Å². The van der Waals surface area contributed by atoms with Gasteiger partial charge in [0, 0.05) is 19.0 Å². The second-order valence-electron chi connectivity index (χ2n) is 7.48. The molecule has 0 bridgehead atoms. The number of amides is 1. The standard InChI is InChI=1S/C22H24F3N5O2/c1-27-21(26)29-20(31)17-10-15-16(22(23,24)25)8-9-18(19(15)28-17)32-12-14-6-4-13(5-7-14)11-30(2)3/h4-10,28H,11-12H2,1-3H3,(H3,26,27,29,31). The Hall–Kier alpha value is -3.53. The highest BCUT2D eigenvalue weighted by molar-refractivity contribution is 6.05. The summed E-state index contributed by atoms with van der Waals surface area (Å²) in [5, 5.41) is 2.30. The topological polar surface area (TPSA) is 95.7 Å². The van der Waals surface area contributed by atoms with E-state index in [1.807, 2.05) is 43.3 Å². The molecule has 3 aromatic rings. The predicted octanol–water partition coefficient (Wildman–Crippen LogP) is 3.50. The molecule has 0 aliphatic rings. The van der Waals surface area contributed by atoms with Crippen LogP contribution in [0, 0.1) is 0 Å². The van der Waals surface area contributed by atoms with Gasteiger partial charge in [-0.05, 0) is 43.4 Å². The van der Waals surface area contributed by atoms with E-state index in [9.17, 15) is 18.0 Å². The van der Waals surface area contributed by atoms with Crippen LogP contribution in [0.5, 0.6) is 5.75 Å². The van der Waals surface area contributed by atoms with Gasteiger partial charge in [-0.1, -0.05) is 24.3 Å². The Balaban J connectivity index is 1.92. The molecule has 0 saturated carbocycles. The van der Waals surface area contributed by atoms with E-state index < -0.39 is 17.6 Å². The molecule has 0 fully saturated rings. The lowest BCUT2D eigenvalue weighted by atomic mass is 10.1. The molecule has 32 heavy (non-hydrogen) atoms. The van der Waals surface area contributed by atoms with Crippen LogP contribution in [0.3, 0.4) is 0 Å². The minimum Gasteiger partial charge on any atom is -0.487 e. The van der Waals surface area contributed by atoms with Gasteiger partial charge in [0.15, 0.2) is 5.96 Å². The van der Waals surface area contributed by atoms with Gasteiger partial charge in [-0.2, -0.15) is 18.2 Å². The fourth-order valence-electron chi connectivity index (χ4n) is 3.17. The molecule has 10 heteroatoms. The Morgan fingerprint density at radius 2 is 1.81 bits per heavy atom. The number of nitrogens with two attached hydrogens (primary N) is 1. The van der Waals surface area contributed by atoms with Crippen molar-refractivity contribution in [3.05, 3.63) is 64.8 Å². The number of guanidine groups is 1. The summed E-state index contributed by atoms with van der Waals surface area (Å²) in [7, 11) is 5.42. The maximum absolute atomic E-state index is 13.5. The van der Waals surface area contributed by atoms with Gasteiger partial charge in [-0.15, -0.1) is 0 Å². The van der Waals surface area contributed by atoms with Crippen LogP contribution in [0.25, 0.3) is 10.9 Å². The molecule has 1 amide bonds. The molecule has 0 atom stereocenters. The van der Waals surface area contributed by atoms with Gasteiger partial charge in [-0.25, -0.2) is 0 Å². The van der Waals surface area contributed by atoms with Crippen molar-refractivity contribution in [2.75, 3.05) is 21.1 Å². The number of aliphatic imine (C=N–C) groups is 1. The molecule has 4 N–H and O–H groups in total. The number of rotatable bonds is 6. The highest BCUT2D eigenvalue weighted by Gasteiger charge is 2.34. The highest BCUT2D eigenvalue weighted by Crippen LogP contribution is 2.39. The minimum absolute atomic E-state index is 0.0608. The number of H-pyrrole nitrogens is 1. The van der Waals surface area contributed by atoms with E-state index in [4.69, 9.17) is 10.5 Å². The van der Waals surface area contributed by atoms with Crippen LogP contribution in [0.2, 0.25) is 0 Å². The molecule has 2 aromatic carbocycles. The molecule has 170 valence electrons. The SMILES string of the molecule is CNC(N)=NC(=O)c1cc2c(C(F)(F)F)ccc(OCc3ccc(CN(C)C)cc3)c2[nH]1. The van der Waals surface area contributed by atoms with E-state index in [1.54, 1.807) is 0 Å². The number of nitrogens with one attached hydrogen (secondary N) is 2. The summed E-state index contributed by atoms with van der Waals surface area (Å²) < 4.78 is 46.3. The van der Waals surface area contributed by atoms with Gasteiger partial charge in [0.2, 0.25) is 0 Å². The van der Waals surface area contributed by atoms with Crippen molar-refractivity contribution in [2.45, 2.75) is 19.3 Å². The first-order valence-corrected chi connectivity index (χ1v) is 9.73. The zero-order valence-electron chi connectivity index (χ0n) is 17.9. The second kappa shape index (κ2) is 9.31. The summed E-state index contributed by atoms with van der Waals surface area (Å²) in [6.07, 6.45) is -4.60. The van der Waals surface area contributed by atoms with E-state index in [0.717, 1.165) is 29.8 Å². The average Bonchev–Trinajstić information content (AvgIpc) is 3.17. The lowest BCUT2D eigenvalue weighted by Crippen LogP contribution is -2.28. The Bertz CT molecular complexity index is 1130. The zero-order valence-corrected chi connectivity index (χ0v) is 17.9. The van der Waals surface area contributed by atoms with Crippen LogP contribution >= 0.6 is 0 Å². The van der Waals surface area contributed by atoms with Gasteiger partial charge in [-0.3, -0.25) is 4.79 Å². The smallest absolute Gasteiger partial charge is 0.417 e. The van der Waals surface area contributed by atoms with Crippen LogP contribution in [0.4, 0.5) is 13.2 Å². The van der Waals surface area contributed by atoms with Crippen LogP contribution in [0.15, 0.2) is 47.5 Å². The largest absolute Gasteiger partial charge is 0.487 e. The Morgan fingerprint density at radius 1 is 1.16 bits per heavy atom. The fraction of sp³-hybridized carbons (Fsp3) is 0.273.